The number of nitrogens with zero attached hydrogens (tertiary/aromatic N) is 1. The fourth-order valence-electron chi connectivity index (χ4n) is 2.12. The lowest BCUT2D eigenvalue weighted by Crippen LogP contribution is -2.34. The van der Waals surface area contributed by atoms with E-state index in [-0.39, 0.29) is 12.6 Å². The van der Waals surface area contributed by atoms with Crippen molar-refractivity contribution in [2.45, 2.75) is 19.4 Å². The molecule has 0 saturated carbocycles. The summed E-state index contributed by atoms with van der Waals surface area (Å²) < 4.78 is 5.34. The average Bonchev–Trinajstić information content (AvgIpc) is 2.83. The molecule has 1 N–H and O–H groups in total. The molecule has 1 saturated heterocycles. The van der Waals surface area contributed by atoms with Gasteiger partial charge in [0.15, 0.2) is 17.9 Å². The van der Waals surface area contributed by atoms with Crippen LogP contribution in [0.3, 0.4) is 0 Å². The summed E-state index contributed by atoms with van der Waals surface area (Å²) in [5.41, 5.74) is 0. The molecule has 2 atom stereocenters. The van der Waals surface area contributed by atoms with Crippen LogP contribution in [0.1, 0.15) is 23.9 Å². The maximum Gasteiger partial charge on any atom is 0.196 e. The first-order valence-corrected chi connectivity index (χ1v) is 5.18. The fraction of sp³-hybridized carbons (Fsp3) is 0.545. The van der Waals surface area contributed by atoms with Gasteiger partial charge in [-0.3, -0.25) is 4.79 Å². The number of hydrogen-bond acceptors (Lipinski definition) is 4. The number of carbonyl (C=O) groups is 1. The largest absolute Gasteiger partial charge is 0.438 e. The molecule has 1 aromatic heterocycles. The second-order valence-corrected chi connectivity index (χ2v) is 4.00. The summed E-state index contributed by atoms with van der Waals surface area (Å²) in [6, 6.07) is 3.54. The Balaban J connectivity index is 2.19. The molecule has 15 heavy (non-hydrogen) atoms. The summed E-state index contributed by atoms with van der Waals surface area (Å²) in [6.45, 7) is 3.11. The van der Waals surface area contributed by atoms with Gasteiger partial charge in [-0.2, -0.15) is 0 Å². The Morgan fingerprint density at radius 1 is 1.67 bits per heavy atom. The van der Waals surface area contributed by atoms with Crippen molar-refractivity contribution in [2.24, 2.45) is 5.92 Å². The van der Waals surface area contributed by atoms with E-state index in [1.165, 1.54) is 0 Å². The molecule has 0 amide bonds. The van der Waals surface area contributed by atoms with Crippen LogP contribution in [0.15, 0.2) is 16.5 Å². The first-order valence-electron chi connectivity index (χ1n) is 5.18. The van der Waals surface area contributed by atoms with E-state index in [4.69, 9.17) is 4.42 Å². The molecule has 0 spiro atoms. The molecule has 0 aromatic carbocycles. The Morgan fingerprint density at radius 2 is 2.47 bits per heavy atom. The van der Waals surface area contributed by atoms with Gasteiger partial charge in [-0.1, -0.05) is 6.92 Å². The van der Waals surface area contributed by atoms with Crippen molar-refractivity contribution in [1.29, 1.82) is 0 Å². The molecule has 1 aliphatic rings. The molecular formula is C11H15NO3. The van der Waals surface area contributed by atoms with Crippen molar-refractivity contribution < 1.29 is 14.3 Å². The predicted octanol–water partition coefficient (Wildman–Crippen LogP) is 1.30. The smallest absolute Gasteiger partial charge is 0.196 e. The Kier molecular flexibility index (Phi) is 2.77. The SMILES string of the molecule is CC1CCN(c2ccc(C=O)o2)C1CO. The Hall–Kier alpha value is -1.29. The number of aliphatic hydroxyl groups is 1. The predicted molar refractivity (Wildman–Crippen MR) is 56.1 cm³/mol. The zero-order valence-electron chi connectivity index (χ0n) is 8.72. The minimum absolute atomic E-state index is 0.107. The summed E-state index contributed by atoms with van der Waals surface area (Å²) in [6.07, 6.45) is 1.74. The number of anilines is 1. The monoisotopic (exact) mass is 209 g/mol. The van der Waals surface area contributed by atoms with Gasteiger partial charge >= 0.3 is 0 Å². The minimum Gasteiger partial charge on any atom is -0.438 e. The van der Waals surface area contributed by atoms with Crippen LogP contribution in [0.2, 0.25) is 0 Å². The van der Waals surface area contributed by atoms with E-state index in [2.05, 4.69) is 6.92 Å². The Bertz CT molecular complexity index is 347. The van der Waals surface area contributed by atoms with Crippen LogP contribution in [0.25, 0.3) is 0 Å². The average molecular weight is 209 g/mol. The van der Waals surface area contributed by atoms with Crippen molar-refractivity contribution in [2.75, 3.05) is 18.1 Å². The normalized spacial score (nSPS) is 25.9. The zero-order chi connectivity index (χ0) is 10.8. The zero-order valence-corrected chi connectivity index (χ0v) is 8.72. The van der Waals surface area contributed by atoms with Crippen LogP contribution in [-0.2, 0) is 0 Å². The van der Waals surface area contributed by atoms with E-state index < -0.39 is 0 Å². The van der Waals surface area contributed by atoms with E-state index in [1.807, 2.05) is 4.90 Å². The molecule has 1 aromatic rings. The van der Waals surface area contributed by atoms with Gasteiger partial charge in [0.25, 0.3) is 0 Å². The first-order chi connectivity index (χ1) is 7.26. The van der Waals surface area contributed by atoms with Crippen molar-refractivity contribution in [3.63, 3.8) is 0 Å². The highest BCUT2D eigenvalue weighted by Crippen LogP contribution is 2.30. The number of furan rings is 1. The first kappa shape index (κ1) is 10.2. The molecular weight excluding hydrogens is 194 g/mol. The van der Waals surface area contributed by atoms with Crippen LogP contribution >= 0.6 is 0 Å². The molecule has 1 fully saturated rings. The molecule has 4 heteroatoms. The van der Waals surface area contributed by atoms with Crippen LogP contribution < -0.4 is 4.90 Å². The molecule has 2 heterocycles. The highest BCUT2D eigenvalue weighted by Gasteiger charge is 2.32. The van der Waals surface area contributed by atoms with Crippen LogP contribution in [0.4, 0.5) is 5.88 Å². The van der Waals surface area contributed by atoms with Gasteiger partial charge in [0, 0.05) is 12.6 Å². The van der Waals surface area contributed by atoms with E-state index in [1.54, 1.807) is 12.1 Å². The van der Waals surface area contributed by atoms with Gasteiger partial charge in [0.1, 0.15) is 0 Å². The van der Waals surface area contributed by atoms with Gasteiger partial charge in [-0.15, -0.1) is 0 Å². The summed E-state index contributed by atoms with van der Waals surface area (Å²) in [4.78, 5) is 12.5. The Labute approximate surface area is 88.5 Å². The molecule has 0 aliphatic carbocycles. The summed E-state index contributed by atoms with van der Waals surface area (Å²) in [5.74, 6) is 1.47. The van der Waals surface area contributed by atoms with Crippen LogP contribution in [-0.4, -0.2) is 30.6 Å². The van der Waals surface area contributed by atoms with Crippen molar-refractivity contribution in [3.8, 4) is 0 Å². The van der Waals surface area contributed by atoms with Gasteiger partial charge < -0.3 is 14.4 Å². The van der Waals surface area contributed by atoms with Crippen molar-refractivity contribution in [3.05, 3.63) is 17.9 Å². The van der Waals surface area contributed by atoms with Crippen LogP contribution in [0, 0.1) is 5.92 Å². The quantitative estimate of drug-likeness (QED) is 0.762. The fourth-order valence-corrected chi connectivity index (χ4v) is 2.12. The lowest BCUT2D eigenvalue weighted by Gasteiger charge is -2.24. The Morgan fingerprint density at radius 3 is 3.07 bits per heavy atom. The van der Waals surface area contributed by atoms with Crippen molar-refractivity contribution in [1.82, 2.24) is 0 Å². The third-order valence-corrected chi connectivity index (χ3v) is 3.08. The lowest BCUT2D eigenvalue weighted by molar-refractivity contribution is 0.110. The van der Waals surface area contributed by atoms with Gasteiger partial charge in [0.05, 0.1) is 12.6 Å². The van der Waals surface area contributed by atoms with E-state index >= 15 is 0 Å². The van der Waals surface area contributed by atoms with E-state index in [0.29, 0.717) is 23.8 Å². The summed E-state index contributed by atoms with van der Waals surface area (Å²) in [7, 11) is 0. The summed E-state index contributed by atoms with van der Waals surface area (Å²) in [5, 5.41) is 9.28. The highest BCUT2D eigenvalue weighted by molar-refractivity contribution is 5.71. The standard InChI is InChI=1S/C11H15NO3/c1-8-4-5-12(10(8)7-14)11-3-2-9(6-13)15-11/h2-3,6,8,10,14H,4-5,7H2,1H3. The van der Waals surface area contributed by atoms with Gasteiger partial charge in [0.2, 0.25) is 0 Å². The molecule has 4 nitrogen and oxygen atoms in total. The summed E-state index contributed by atoms with van der Waals surface area (Å²) >= 11 is 0. The number of carbonyl (C=O) groups excluding carboxylic acids is 1. The minimum atomic E-state index is 0.107. The van der Waals surface area contributed by atoms with E-state index in [9.17, 15) is 9.90 Å². The third-order valence-electron chi connectivity index (χ3n) is 3.08. The molecule has 0 bridgehead atoms. The maximum atomic E-state index is 10.5. The molecule has 1 aliphatic heterocycles. The lowest BCUT2D eigenvalue weighted by atomic mass is 10.0. The van der Waals surface area contributed by atoms with Crippen LogP contribution in [0.5, 0.6) is 0 Å². The number of aldehydes is 1. The molecule has 0 radical (unpaired) electrons. The number of rotatable bonds is 3. The molecule has 82 valence electrons. The van der Waals surface area contributed by atoms with Gasteiger partial charge in [-0.25, -0.2) is 0 Å². The number of aliphatic hydroxyl groups excluding tert-OH is 1. The number of hydrogen-bond donors (Lipinski definition) is 1. The second kappa shape index (κ2) is 4.06. The third kappa shape index (κ3) is 1.77. The topological polar surface area (TPSA) is 53.7 Å². The van der Waals surface area contributed by atoms with Gasteiger partial charge in [-0.05, 0) is 18.4 Å². The van der Waals surface area contributed by atoms with Crippen molar-refractivity contribution >= 4 is 12.2 Å². The molecule has 2 unspecified atom stereocenters. The second-order valence-electron chi connectivity index (χ2n) is 4.00. The highest BCUT2D eigenvalue weighted by atomic mass is 16.4. The maximum absolute atomic E-state index is 10.5. The molecule has 2 rings (SSSR count). The van der Waals surface area contributed by atoms with E-state index in [0.717, 1.165) is 13.0 Å².